The second-order valence-electron chi connectivity index (χ2n) is 2.24. The first kappa shape index (κ1) is 8.92. The Morgan fingerprint density at radius 1 is 1.75 bits per heavy atom. The summed E-state index contributed by atoms with van der Waals surface area (Å²) in [7, 11) is 0. The Labute approximate surface area is 76.9 Å². The van der Waals surface area contributed by atoms with Gasteiger partial charge in [0.25, 0.3) is 0 Å². The zero-order valence-corrected chi connectivity index (χ0v) is 7.83. The van der Waals surface area contributed by atoms with E-state index >= 15 is 0 Å². The number of nitrogens with two attached hydrogens (primary N) is 1. The summed E-state index contributed by atoms with van der Waals surface area (Å²) in [5.74, 6) is 0. The van der Waals surface area contributed by atoms with E-state index in [1.165, 1.54) is 6.20 Å². The van der Waals surface area contributed by atoms with E-state index in [-0.39, 0.29) is 10.3 Å². The largest absolute Gasteiger partial charge is 0.397 e. The molecule has 1 aromatic heterocycles. The summed E-state index contributed by atoms with van der Waals surface area (Å²) in [5, 5.41) is 10.5. The van der Waals surface area contributed by atoms with Crippen LogP contribution < -0.4 is 5.73 Å². The number of rotatable bonds is 1. The number of nitro groups is 1. The van der Waals surface area contributed by atoms with Gasteiger partial charge >= 0.3 is 5.69 Å². The molecule has 0 unspecified atom stereocenters. The summed E-state index contributed by atoms with van der Waals surface area (Å²) < 4.78 is 0.208. The summed E-state index contributed by atoms with van der Waals surface area (Å²) in [6.45, 7) is 1.58. The summed E-state index contributed by atoms with van der Waals surface area (Å²) in [6, 6.07) is 0. The van der Waals surface area contributed by atoms with Crippen LogP contribution in [0, 0.1) is 17.0 Å². The van der Waals surface area contributed by atoms with Gasteiger partial charge in [0.2, 0.25) is 0 Å². The quantitative estimate of drug-likeness (QED) is 0.453. The Kier molecular flexibility index (Phi) is 2.27. The fraction of sp³-hybridized carbons (Fsp3) is 0.167. The van der Waals surface area contributed by atoms with Crippen molar-refractivity contribution in [1.29, 1.82) is 0 Å². The maximum Gasteiger partial charge on any atom is 0.306 e. The Bertz CT molecular complexity index is 340. The van der Waals surface area contributed by atoms with Crippen LogP contribution in [0.1, 0.15) is 5.56 Å². The molecule has 6 heteroatoms. The predicted octanol–water partition coefficient (Wildman–Crippen LogP) is 1.64. The van der Waals surface area contributed by atoms with Gasteiger partial charge in [0.1, 0.15) is 0 Å². The summed E-state index contributed by atoms with van der Waals surface area (Å²) in [4.78, 5) is 13.7. The van der Waals surface area contributed by atoms with Crippen molar-refractivity contribution in [3.8, 4) is 0 Å². The van der Waals surface area contributed by atoms with Crippen LogP contribution in [0.4, 0.5) is 11.4 Å². The molecule has 0 aliphatic heterocycles. The van der Waals surface area contributed by atoms with Crippen molar-refractivity contribution in [1.82, 2.24) is 4.98 Å². The third-order valence-electron chi connectivity index (χ3n) is 1.48. The molecular weight excluding hydrogens is 226 g/mol. The molecule has 0 radical (unpaired) electrons. The van der Waals surface area contributed by atoms with Gasteiger partial charge < -0.3 is 5.73 Å². The first-order chi connectivity index (χ1) is 5.54. The lowest BCUT2D eigenvalue weighted by Crippen LogP contribution is -1.99. The number of nitrogens with zero attached hydrogens (tertiary/aromatic N) is 2. The lowest BCUT2D eigenvalue weighted by atomic mass is 10.2. The SMILES string of the molecule is Cc1c(N)cnc(Br)c1[N+](=O)[O-]. The zero-order chi connectivity index (χ0) is 9.30. The lowest BCUT2D eigenvalue weighted by Gasteiger charge is -2.00. The second kappa shape index (κ2) is 3.06. The van der Waals surface area contributed by atoms with Gasteiger partial charge in [-0.2, -0.15) is 0 Å². The molecule has 0 saturated carbocycles. The lowest BCUT2D eigenvalue weighted by molar-refractivity contribution is -0.386. The minimum Gasteiger partial charge on any atom is -0.397 e. The smallest absolute Gasteiger partial charge is 0.306 e. The predicted molar refractivity (Wildman–Crippen MR) is 47.7 cm³/mol. The zero-order valence-electron chi connectivity index (χ0n) is 6.24. The number of halogens is 1. The van der Waals surface area contributed by atoms with Crippen LogP contribution in [0.5, 0.6) is 0 Å². The van der Waals surface area contributed by atoms with Gasteiger partial charge in [0.15, 0.2) is 4.60 Å². The molecule has 0 aliphatic rings. The highest BCUT2D eigenvalue weighted by Crippen LogP contribution is 2.29. The van der Waals surface area contributed by atoms with Crippen molar-refractivity contribution in [3.63, 3.8) is 0 Å². The van der Waals surface area contributed by atoms with E-state index in [1.54, 1.807) is 6.92 Å². The van der Waals surface area contributed by atoms with Crippen molar-refractivity contribution in [2.24, 2.45) is 0 Å². The minimum absolute atomic E-state index is 0.0741. The van der Waals surface area contributed by atoms with Crippen molar-refractivity contribution >= 4 is 27.3 Å². The number of nitrogen functional groups attached to an aromatic ring is 1. The van der Waals surface area contributed by atoms with Crippen molar-refractivity contribution < 1.29 is 4.92 Å². The Balaban J connectivity index is 3.43. The summed E-state index contributed by atoms with van der Waals surface area (Å²) >= 11 is 2.97. The molecule has 0 bridgehead atoms. The van der Waals surface area contributed by atoms with E-state index in [4.69, 9.17) is 5.73 Å². The number of aromatic nitrogens is 1. The van der Waals surface area contributed by atoms with Crippen molar-refractivity contribution in [2.45, 2.75) is 6.92 Å². The van der Waals surface area contributed by atoms with Crippen LogP contribution in [0.2, 0.25) is 0 Å². The first-order valence-corrected chi connectivity index (χ1v) is 3.88. The molecule has 64 valence electrons. The van der Waals surface area contributed by atoms with E-state index in [1.807, 2.05) is 0 Å². The fourth-order valence-electron chi connectivity index (χ4n) is 0.788. The highest BCUT2D eigenvalue weighted by atomic mass is 79.9. The average molecular weight is 232 g/mol. The van der Waals surface area contributed by atoms with E-state index in [0.717, 1.165) is 0 Å². The van der Waals surface area contributed by atoms with E-state index in [0.29, 0.717) is 11.3 Å². The third-order valence-corrected chi connectivity index (χ3v) is 2.06. The molecule has 0 saturated heterocycles. The highest BCUT2D eigenvalue weighted by molar-refractivity contribution is 9.10. The molecule has 0 fully saturated rings. The van der Waals surface area contributed by atoms with Crippen LogP contribution in [0.15, 0.2) is 10.8 Å². The van der Waals surface area contributed by atoms with Crippen LogP contribution in [0.25, 0.3) is 0 Å². The molecule has 1 aromatic rings. The maximum atomic E-state index is 10.5. The maximum absolute atomic E-state index is 10.5. The van der Waals surface area contributed by atoms with Gasteiger partial charge in [-0.05, 0) is 22.9 Å². The number of anilines is 1. The molecular formula is C6H6BrN3O2. The number of pyridine rings is 1. The molecule has 0 spiro atoms. The van der Waals surface area contributed by atoms with Gasteiger partial charge in [-0.25, -0.2) is 4.98 Å². The monoisotopic (exact) mass is 231 g/mol. The topological polar surface area (TPSA) is 82.0 Å². The molecule has 5 nitrogen and oxygen atoms in total. The molecule has 1 heterocycles. The normalized spacial score (nSPS) is 9.83. The molecule has 12 heavy (non-hydrogen) atoms. The van der Waals surface area contributed by atoms with E-state index < -0.39 is 4.92 Å². The molecule has 0 aromatic carbocycles. The number of hydrogen-bond donors (Lipinski definition) is 1. The second-order valence-corrected chi connectivity index (χ2v) is 2.99. The van der Waals surface area contributed by atoms with Gasteiger partial charge in [-0.1, -0.05) is 0 Å². The van der Waals surface area contributed by atoms with Crippen LogP contribution in [0.3, 0.4) is 0 Å². The van der Waals surface area contributed by atoms with Crippen LogP contribution in [-0.2, 0) is 0 Å². The average Bonchev–Trinajstić information content (AvgIpc) is 1.97. The van der Waals surface area contributed by atoms with Gasteiger partial charge in [-0.15, -0.1) is 0 Å². The Morgan fingerprint density at radius 2 is 2.33 bits per heavy atom. The van der Waals surface area contributed by atoms with E-state index in [2.05, 4.69) is 20.9 Å². The van der Waals surface area contributed by atoms with Crippen molar-refractivity contribution in [3.05, 3.63) is 26.5 Å². The van der Waals surface area contributed by atoms with E-state index in [9.17, 15) is 10.1 Å². The molecule has 0 aliphatic carbocycles. The van der Waals surface area contributed by atoms with Crippen LogP contribution >= 0.6 is 15.9 Å². The molecule has 1 rings (SSSR count). The third kappa shape index (κ3) is 1.38. The molecule has 0 atom stereocenters. The van der Waals surface area contributed by atoms with Gasteiger partial charge in [0.05, 0.1) is 22.4 Å². The highest BCUT2D eigenvalue weighted by Gasteiger charge is 2.18. The minimum atomic E-state index is -0.511. The standard InChI is InChI=1S/C6H6BrN3O2/c1-3-4(8)2-9-6(7)5(3)10(11)12/h2H,8H2,1H3. The number of hydrogen-bond acceptors (Lipinski definition) is 4. The van der Waals surface area contributed by atoms with Crippen molar-refractivity contribution in [2.75, 3.05) is 5.73 Å². The summed E-state index contributed by atoms with van der Waals surface area (Å²) in [5.41, 5.74) is 6.12. The fourth-order valence-corrected chi connectivity index (χ4v) is 1.33. The van der Waals surface area contributed by atoms with Gasteiger partial charge in [-0.3, -0.25) is 10.1 Å². The Morgan fingerprint density at radius 3 is 2.75 bits per heavy atom. The molecule has 2 N–H and O–H groups in total. The first-order valence-electron chi connectivity index (χ1n) is 3.09. The Hall–Kier alpha value is -1.17. The van der Waals surface area contributed by atoms with Crippen LogP contribution in [-0.4, -0.2) is 9.91 Å². The summed E-state index contributed by atoms with van der Waals surface area (Å²) in [6.07, 6.45) is 1.38. The van der Waals surface area contributed by atoms with Gasteiger partial charge in [0, 0.05) is 0 Å². The molecule has 0 amide bonds.